The number of aliphatic carboxylic acids is 1. The first-order valence-corrected chi connectivity index (χ1v) is 2.10. The molecule has 0 saturated carbocycles. The zero-order valence-corrected chi connectivity index (χ0v) is 4.63. The number of carboxylic acid groups (broad SMARTS) is 1. The molecular weight excluding hydrogens is 132 g/mol. The predicted molar refractivity (Wildman–Crippen MR) is 27.6 cm³/mol. The number of hydrogen-bond donors (Lipinski definition) is 3. The number of carboxylic acids is 1. The summed E-state index contributed by atoms with van der Waals surface area (Å²) in [4.78, 5) is 16.7. The van der Waals surface area contributed by atoms with Crippen molar-refractivity contribution in [2.24, 2.45) is 0 Å². The lowest BCUT2D eigenvalue weighted by atomic mass is 10.4. The fourth-order valence-electron chi connectivity index (χ4n) is 0.0504. The molecule has 0 heterocycles. The average Bonchev–Trinajstić information content (AvgIpc) is 1.67. The highest BCUT2D eigenvalue weighted by Gasteiger charge is 2.30. The van der Waals surface area contributed by atoms with E-state index in [1.54, 1.807) is 0 Å². The van der Waals surface area contributed by atoms with Gasteiger partial charge in [-0.25, -0.2) is 4.79 Å². The van der Waals surface area contributed by atoms with Gasteiger partial charge in [-0.1, -0.05) is 0 Å². The monoisotopic (exact) mass is 136 g/mol. The van der Waals surface area contributed by atoms with Crippen LogP contribution in [0.25, 0.3) is 0 Å². The molecule has 0 fully saturated rings. The largest absolute Gasteiger partial charge is 0.478 e. The third kappa shape index (κ3) is 1.51. The molecule has 0 aromatic carbocycles. The predicted octanol–water partition coefficient (Wildman–Crippen LogP) is -1.11. The molecule has 1 atom stereocenters. The first-order valence-electron chi connectivity index (χ1n) is 1.65. The van der Waals surface area contributed by atoms with Crippen molar-refractivity contribution in [2.75, 3.05) is 0 Å². The van der Waals surface area contributed by atoms with E-state index in [2.05, 4.69) is 12.6 Å². The normalized spacial score (nSPS) is 16.8. The van der Waals surface area contributed by atoms with Crippen LogP contribution in [-0.4, -0.2) is 27.4 Å². The minimum absolute atomic E-state index is 0.168. The van der Waals surface area contributed by atoms with E-state index < -0.39 is 10.9 Å². The van der Waals surface area contributed by atoms with Gasteiger partial charge in [-0.2, -0.15) is 0 Å². The summed E-state index contributed by atoms with van der Waals surface area (Å²) >= 11 is 3.07. The highest BCUT2D eigenvalue weighted by Crippen LogP contribution is 2.04. The Balaban J connectivity index is 4.12. The Kier molecular flexibility index (Phi) is 2.00. The van der Waals surface area contributed by atoms with Crippen LogP contribution in [0.2, 0.25) is 0 Å². The molecule has 1 unspecified atom stereocenters. The number of aldehydes is 1. The SMILES string of the molecule is O=CC(O)(S)C(=O)O. The molecular formula is C3H4O4S. The maximum absolute atomic E-state index is 9.69. The second-order valence-electron chi connectivity index (χ2n) is 1.15. The number of aliphatic hydroxyl groups is 1. The van der Waals surface area contributed by atoms with Gasteiger partial charge in [0, 0.05) is 0 Å². The standard InChI is InChI=1S/C3H4O4S/c4-1-3(7,8)2(5)6/h1,7-8H,(H,5,6). The lowest BCUT2D eigenvalue weighted by Crippen LogP contribution is -2.33. The van der Waals surface area contributed by atoms with Gasteiger partial charge in [0.05, 0.1) is 0 Å². The molecule has 0 aliphatic rings. The Labute approximate surface area is 50.5 Å². The molecule has 8 heavy (non-hydrogen) atoms. The van der Waals surface area contributed by atoms with Gasteiger partial charge in [-0.15, -0.1) is 12.6 Å². The molecule has 4 nitrogen and oxygen atoms in total. The van der Waals surface area contributed by atoms with E-state index in [0.717, 1.165) is 0 Å². The fraction of sp³-hybridized carbons (Fsp3) is 0.333. The van der Waals surface area contributed by atoms with Crippen LogP contribution in [0.4, 0.5) is 0 Å². The minimum atomic E-state index is -2.53. The first kappa shape index (κ1) is 7.45. The molecule has 2 N–H and O–H groups in total. The summed E-state index contributed by atoms with van der Waals surface area (Å²) in [6.45, 7) is 0. The Morgan fingerprint density at radius 1 is 1.75 bits per heavy atom. The van der Waals surface area contributed by atoms with Gasteiger partial charge in [-0.05, 0) is 0 Å². The number of carbonyl (C=O) groups is 2. The second-order valence-corrected chi connectivity index (χ2v) is 1.83. The van der Waals surface area contributed by atoms with Crippen molar-refractivity contribution in [3.8, 4) is 0 Å². The number of rotatable bonds is 2. The number of thiol groups is 1. The van der Waals surface area contributed by atoms with Crippen LogP contribution in [0.5, 0.6) is 0 Å². The van der Waals surface area contributed by atoms with Crippen LogP contribution < -0.4 is 0 Å². The van der Waals surface area contributed by atoms with Gasteiger partial charge in [-0.3, -0.25) is 4.79 Å². The van der Waals surface area contributed by atoms with Crippen molar-refractivity contribution in [1.82, 2.24) is 0 Å². The van der Waals surface area contributed by atoms with Crippen molar-refractivity contribution in [3.05, 3.63) is 0 Å². The quantitative estimate of drug-likeness (QED) is 0.195. The summed E-state index contributed by atoms with van der Waals surface area (Å²) in [6.07, 6.45) is -0.168. The molecule has 46 valence electrons. The third-order valence-electron chi connectivity index (χ3n) is 0.479. The van der Waals surface area contributed by atoms with Gasteiger partial charge in [0.2, 0.25) is 0 Å². The lowest BCUT2D eigenvalue weighted by Gasteiger charge is -2.04. The topological polar surface area (TPSA) is 74.6 Å². The Hall–Kier alpha value is -0.550. The molecule has 0 aromatic rings. The maximum Gasteiger partial charge on any atom is 0.354 e. The van der Waals surface area contributed by atoms with E-state index in [1.165, 1.54) is 0 Å². The van der Waals surface area contributed by atoms with Crippen molar-refractivity contribution < 1.29 is 19.8 Å². The molecule has 0 amide bonds. The van der Waals surface area contributed by atoms with Crippen molar-refractivity contribution in [3.63, 3.8) is 0 Å². The third-order valence-corrected chi connectivity index (χ3v) is 0.776. The molecule has 0 bridgehead atoms. The zero-order valence-electron chi connectivity index (χ0n) is 3.74. The Bertz CT molecular complexity index is 118. The maximum atomic E-state index is 9.69. The summed E-state index contributed by atoms with van der Waals surface area (Å²) < 4.78 is 0. The lowest BCUT2D eigenvalue weighted by molar-refractivity contribution is -0.151. The van der Waals surface area contributed by atoms with E-state index in [-0.39, 0.29) is 6.29 Å². The van der Waals surface area contributed by atoms with E-state index in [9.17, 15) is 9.59 Å². The van der Waals surface area contributed by atoms with E-state index in [0.29, 0.717) is 0 Å². The summed E-state index contributed by atoms with van der Waals surface area (Å²) in [5.41, 5.74) is 0. The van der Waals surface area contributed by atoms with Crippen LogP contribution in [-0.2, 0) is 9.59 Å². The van der Waals surface area contributed by atoms with Crippen LogP contribution in [0.15, 0.2) is 0 Å². The van der Waals surface area contributed by atoms with Gasteiger partial charge < -0.3 is 10.2 Å². The summed E-state index contributed by atoms with van der Waals surface area (Å²) in [5.74, 6) is -1.67. The first-order chi connectivity index (χ1) is 3.50. The second kappa shape index (κ2) is 2.15. The molecule has 0 saturated heterocycles. The Morgan fingerprint density at radius 2 is 2.12 bits per heavy atom. The highest BCUT2D eigenvalue weighted by atomic mass is 32.1. The molecule has 0 aromatic heterocycles. The number of hydrogen-bond acceptors (Lipinski definition) is 4. The summed E-state index contributed by atoms with van der Waals surface area (Å²) in [7, 11) is 0. The minimum Gasteiger partial charge on any atom is -0.478 e. The highest BCUT2D eigenvalue weighted by molar-refractivity contribution is 7.83. The molecule has 0 aliphatic carbocycles. The average molecular weight is 136 g/mol. The van der Waals surface area contributed by atoms with Crippen molar-refractivity contribution in [1.29, 1.82) is 0 Å². The molecule has 0 spiro atoms. The Morgan fingerprint density at radius 3 is 2.12 bits per heavy atom. The molecule has 5 heteroatoms. The van der Waals surface area contributed by atoms with Gasteiger partial charge in [0.25, 0.3) is 4.93 Å². The smallest absolute Gasteiger partial charge is 0.354 e. The van der Waals surface area contributed by atoms with E-state index in [1.807, 2.05) is 0 Å². The zero-order chi connectivity index (χ0) is 6.78. The van der Waals surface area contributed by atoms with Crippen LogP contribution in [0.1, 0.15) is 0 Å². The van der Waals surface area contributed by atoms with Crippen molar-refractivity contribution in [2.45, 2.75) is 4.93 Å². The fourth-order valence-corrected chi connectivity index (χ4v) is 0.0504. The number of carbonyl (C=O) groups excluding carboxylic acids is 1. The van der Waals surface area contributed by atoms with Gasteiger partial charge in [0.1, 0.15) is 0 Å². The van der Waals surface area contributed by atoms with E-state index >= 15 is 0 Å². The summed E-state index contributed by atoms with van der Waals surface area (Å²) in [6, 6.07) is 0. The van der Waals surface area contributed by atoms with Gasteiger partial charge >= 0.3 is 5.97 Å². The van der Waals surface area contributed by atoms with Gasteiger partial charge in [0.15, 0.2) is 6.29 Å². The molecule has 0 radical (unpaired) electrons. The van der Waals surface area contributed by atoms with Crippen LogP contribution in [0, 0.1) is 0 Å². The summed E-state index contributed by atoms with van der Waals surface area (Å²) in [5, 5.41) is 16.2. The van der Waals surface area contributed by atoms with Crippen molar-refractivity contribution >= 4 is 24.9 Å². The molecule has 0 aliphatic heterocycles. The van der Waals surface area contributed by atoms with Crippen LogP contribution >= 0.6 is 12.6 Å². The molecule has 0 rings (SSSR count). The van der Waals surface area contributed by atoms with Crippen LogP contribution in [0.3, 0.4) is 0 Å². The van der Waals surface area contributed by atoms with E-state index in [4.69, 9.17) is 10.2 Å².